The molecule has 2 aromatic rings. The lowest BCUT2D eigenvalue weighted by Gasteiger charge is -2.35. The van der Waals surface area contributed by atoms with E-state index in [4.69, 9.17) is 14.5 Å². The van der Waals surface area contributed by atoms with Gasteiger partial charge in [0.1, 0.15) is 18.2 Å². The number of nitrogens with zero attached hydrogens (tertiary/aromatic N) is 3. The number of carbonyl (C=O) groups is 1. The largest absolute Gasteiger partial charge is 0.497 e. The number of hydrogen-bond acceptors (Lipinski definition) is 5. The molecule has 6 heteroatoms. The van der Waals surface area contributed by atoms with Gasteiger partial charge in [-0.1, -0.05) is 0 Å². The molecule has 0 radical (unpaired) electrons. The molecule has 0 aliphatic carbocycles. The first-order valence-electron chi connectivity index (χ1n) is 7.68. The van der Waals surface area contributed by atoms with Crippen LogP contribution >= 0.6 is 0 Å². The van der Waals surface area contributed by atoms with Gasteiger partial charge in [0.2, 0.25) is 5.91 Å². The van der Waals surface area contributed by atoms with Crippen LogP contribution in [0.1, 0.15) is 0 Å². The minimum absolute atomic E-state index is 0.0448. The third-order valence-electron chi connectivity index (χ3n) is 4.11. The Hall–Kier alpha value is -2.34. The number of rotatable bonds is 4. The quantitative estimate of drug-likeness (QED) is 0.856. The van der Waals surface area contributed by atoms with Crippen LogP contribution < -0.4 is 9.64 Å². The molecular formula is C17H21N3O3. The zero-order chi connectivity index (χ0) is 16.2. The number of amides is 1. The molecule has 6 nitrogen and oxygen atoms in total. The summed E-state index contributed by atoms with van der Waals surface area (Å²) in [6.07, 6.45) is 0. The maximum atomic E-state index is 11.8. The van der Waals surface area contributed by atoms with Crippen LogP contribution in [-0.2, 0) is 9.53 Å². The van der Waals surface area contributed by atoms with Gasteiger partial charge in [0.15, 0.2) is 0 Å². The summed E-state index contributed by atoms with van der Waals surface area (Å²) < 4.78 is 10.2. The smallest absolute Gasteiger partial charge is 0.248 e. The summed E-state index contributed by atoms with van der Waals surface area (Å²) in [7, 11) is 3.20. The fraction of sp³-hybridized carbons (Fsp3) is 0.412. The summed E-state index contributed by atoms with van der Waals surface area (Å²) >= 11 is 0. The molecule has 0 unspecified atom stereocenters. The molecule has 3 rings (SSSR count). The topological polar surface area (TPSA) is 54.9 Å². The Morgan fingerprint density at radius 3 is 2.57 bits per heavy atom. The highest BCUT2D eigenvalue weighted by molar-refractivity contribution is 5.82. The number of ether oxygens (including phenoxy) is 2. The van der Waals surface area contributed by atoms with E-state index in [1.54, 1.807) is 14.2 Å². The summed E-state index contributed by atoms with van der Waals surface area (Å²) in [6, 6.07) is 9.98. The average molecular weight is 315 g/mol. The Kier molecular flexibility index (Phi) is 4.62. The van der Waals surface area contributed by atoms with Gasteiger partial charge in [-0.25, -0.2) is 4.98 Å². The summed E-state index contributed by atoms with van der Waals surface area (Å²) in [4.78, 5) is 20.6. The normalized spacial score (nSPS) is 15.0. The van der Waals surface area contributed by atoms with E-state index in [0.717, 1.165) is 35.6 Å². The van der Waals surface area contributed by atoms with Crippen LogP contribution in [0.15, 0.2) is 30.3 Å². The standard InChI is InChI=1S/C17H21N3O3/c1-22-12-17(21)20-9-7-19(8-10-20)16-6-4-13-3-5-14(23-2)11-15(13)18-16/h3-6,11H,7-10,12H2,1-2H3. The Morgan fingerprint density at radius 1 is 1.13 bits per heavy atom. The number of aromatic nitrogens is 1. The Bertz CT molecular complexity index is 697. The monoisotopic (exact) mass is 315 g/mol. The SMILES string of the molecule is COCC(=O)N1CCN(c2ccc3ccc(OC)cc3n2)CC1. The number of benzene rings is 1. The first kappa shape index (κ1) is 15.6. The first-order chi connectivity index (χ1) is 11.2. The summed E-state index contributed by atoms with van der Waals surface area (Å²) in [6.45, 7) is 3.09. The van der Waals surface area contributed by atoms with Gasteiger partial charge in [-0.15, -0.1) is 0 Å². The van der Waals surface area contributed by atoms with Crippen LogP contribution in [0, 0.1) is 0 Å². The zero-order valence-corrected chi connectivity index (χ0v) is 13.5. The number of pyridine rings is 1. The molecule has 0 atom stereocenters. The number of hydrogen-bond donors (Lipinski definition) is 0. The van der Waals surface area contributed by atoms with Gasteiger partial charge in [0.25, 0.3) is 0 Å². The van der Waals surface area contributed by atoms with Crippen LogP contribution in [0.2, 0.25) is 0 Å². The number of piperazine rings is 1. The lowest BCUT2D eigenvalue weighted by Crippen LogP contribution is -2.49. The van der Waals surface area contributed by atoms with Crippen molar-refractivity contribution >= 4 is 22.6 Å². The second-order valence-electron chi connectivity index (χ2n) is 5.53. The van der Waals surface area contributed by atoms with Gasteiger partial charge < -0.3 is 19.3 Å². The molecule has 1 aliphatic heterocycles. The number of anilines is 1. The Labute approximate surface area is 135 Å². The fourth-order valence-electron chi connectivity index (χ4n) is 2.79. The molecule has 0 bridgehead atoms. The van der Waals surface area contributed by atoms with E-state index in [2.05, 4.69) is 11.0 Å². The molecule has 23 heavy (non-hydrogen) atoms. The Morgan fingerprint density at radius 2 is 1.87 bits per heavy atom. The predicted octanol–water partition coefficient (Wildman–Crippen LogP) is 1.54. The van der Waals surface area contributed by atoms with Gasteiger partial charge >= 0.3 is 0 Å². The van der Waals surface area contributed by atoms with Crippen molar-refractivity contribution in [3.8, 4) is 5.75 Å². The second kappa shape index (κ2) is 6.83. The summed E-state index contributed by atoms with van der Waals surface area (Å²) in [5.74, 6) is 1.78. The molecule has 1 aromatic heterocycles. The van der Waals surface area contributed by atoms with E-state index in [0.29, 0.717) is 13.1 Å². The fourth-order valence-corrected chi connectivity index (χ4v) is 2.79. The van der Waals surface area contributed by atoms with Gasteiger partial charge in [-0.2, -0.15) is 0 Å². The minimum Gasteiger partial charge on any atom is -0.497 e. The van der Waals surface area contributed by atoms with Crippen molar-refractivity contribution < 1.29 is 14.3 Å². The highest BCUT2D eigenvalue weighted by Gasteiger charge is 2.21. The molecule has 0 spiro atoms. The van der Waals surface area contributed by atoms with E-state index in [9.17, 15) is 4.79 Å². The maximum Gasteiger partial charge on any atom is 0.248 e. The van der Waals surface area contributed by atoms with Gasteiger partial charge in [-0.3, -0.25) is 4.79 Å². The lowest BCUT2D eigenvalue weighted by molar-refractivity contribution is -0.135. The molecule has 0 saturated carbocycles. The highest BCUT2D eigenvalue weighted by atomic mass is 16.5. The molecule has 1 fully saturated rings. The van der Waals surface area contributed by atoms with Gasteiger partial charge in [-0.05, 0) is 24.3 Å². The first-order valence-corrected chi connectivity index (χ1v) is 7.68. The van der Waals surface area contributed by atoms with E-state index in [1.807, 2.05) is 29.2 Å². The molecule has 1 saturated heterocycles. The highest BCUT2D eigenvalue weighted by Crippen LogP contribution is 2.23. The van der Waals surface area contributed by atoms with Crippen molar-refractivity contribution in [2.75, 3.05) is 51.9 Å². The predicted molar refractivity (Wildman–Crippen MR) is 89.0 cm³/mol. The molecule has 1 aliphatic rings. The molecule has 2 heterocycles. The van der Waals surface area contributed by atoms with E-state index in [-0.39, 0.29) is 12.5 Å². The third-order valence-corrected chi connectivity index (χ3v) is 4.11. The van der Waals surface area contributed by atoms with Crippen molar-refractivity contribution in [2.24, 2.45) is 0 Å². The van der Waals surface area contributed by atoms with Crippen molar-refractivity contribution in [3.63, 3.8) is 0 Å². The van der Waals surface area contributed by atoms with Crippen molar-refractivity contribution in [3.05, 3.63) is 30.3 Å². The average Bonchev–Trinajstić information content (AvgIpc) is 2.61. The third kappa shape index (κ3) is 3.37. The number of carbonyl (C=O) groups excluding carboxylic acids is 1. The summed E-state index contributed by atoms with van der Waals surface area (Å²) in [5, 5.41) is 1.09. The molecule has 0 N–H and O–H groups in total. The second-order valence-corrected chi connectivity index (χ2v) is 5.53. The van der Waals surface area contributed by atoms with Crippen LogP contribution in [0.4, 0.5) is 5.82 Å². The van der Waals surface area contributed by atoms with Gasteiger partial charge in [0.05, 0.1) is 12.6 Å². The minimum atomic E-state index is 0.0448. The van der Waals surface area contributed by atoms with Crippen LogP contribution in [0.3, 0.4) is 0 Å². The van der Waals surface area contributed by atoms with Crippen molar-refractivity contribution in [1.29, 1.82) is 0 Å². The van der Waals surface area contributed by atoms with Crippen molar-refractivity contribution in [1.82, 2.24) is 9.88 Å². The molecule has 1 amide bonds. The van der Waals surface area contributed by atoms with Crippen LogP contribution in [0.25, 0.3) is 10.9 Å². The summed E-state index contributed by atoms with van der Waals surface area (Å²) in [5.41, 5.74) is 0.916. The number of fused-ring (bicyclic) bond motifs is 1. The van der Waals surface area contributed by atoms with E-state index in [1.165, 1.54) is 0 Å². The number of methoxy groups -OCH3 is 2. The lowest BCUT2D eigenvalue weighted by atomic mass is 10.2. The maximum absolute atomic E-state index is 11.8. The molecular weight excluding hydrogens is 294 g/mol. The van der Waals surface area contributed by atoms with Crippen LogP contribution in [-0.4, -0.2) is 62.8 Å². The van der Waals surface area contributed by atoms with E-state index >= 15 is 0 Å². The van der Waals surface area contributed by atoms with Crippen LogP contribution in [0.5, 0.6) is 5.75 Å². The Balaban J connectivity index is 1.73. The molecule has 122 valence electrons. The van der Waals surface area contributed by atoms with E-state index < -0.39 is 0 Å². The zero-order valence-electron chi connectivity index (χ0n) is 13.5. The van der Waals surface area contributed by atoms with Gasteiger partial charge in [0, 0.05) is 44.7 Å². The van der Waals surface area contributed by atoms with Crippen molar-refractivity contribution in [2.45, 2.75) is 0 Å². The molecule has 1 aromatic carbocycles.